The van der Waals surface area contributed by atoms with Crippen LogP contribution in [0.4, 0.5) is 0 Å². The fourth-order valence-corrected chi connectivity index (χ4v) is 2.56. The molecule has 1 fully saturated rings. The molecule has 0 unspecified atom stereocenters. The van der Waals surface area contributed by atoms with E-state index < -0.39 is 0 Å². The standard InChI is InChI=1S/C13H18BrNO/c14-13-7-6-12(8-10(13)9-15)16-11-4-2-1-3-5-11/h6-8,11H,1-5,9,15H2. The first-order valence-electron chi connectivity index (χ1n) is 5.95. The Morgan fingerprint density at radius 2 is 2.00 bits per heavy atom. The zero-order valence-corrected chi connectivity index (χ0v) is 11.0. The van der Waals surface area contributed by atoms with Crippen molar-refractivity contribution in [1.82, 2.24) is 0 Å². The lowest BCUT2D eigenvalue weighted by Gasteiger charge is -2.23. The Bertz CT molecular complexity index is 348. The van der Waals surface area contributed by atoms with Gasteiger partial charge in [0.2, 0.25) is 0 Å². The highest BCUT2D eigenvalue weighted by Gasteiger charge is 2.15. The summed E-state index contributed by atoms with van der Waals surface area (Å²) < 4.78 is 7.04. The van der Waals surface area contributed by atoms with Crippen molar-refractivity contribution in [1.29, 1.82) is 0 Å². The van der Waals surface area contributed by atoms with Gasteiger partial charge in [-0.3, -0.25) is 0 Å². The van der Waals surface area contributed by atoms with Crippen LogP contribution in [0, 0.1) is 0 Å². The fourth-order valence-electron chi connectivity index (χ4n) is 2.16. The van der Waals surface area contributed by atoms with E-state index in [2.05, 4.69) is 15.9 Å². The van der Waals surface area contributed by atoms with Crippen molar-refractivity contribution in [2.24, 2.45) is 5.73 Å². The van der Waals surface area contributed by atoms with E-state index in [4.69, 9.17) is 10.5 Å². The highest BCUT2D eigenvalue weighted by Crippen LogP contribution is 2.26. The summed E-state index contributed by atoms with van der Waals surface area (Å²) in [6.07, 6.45) is 6.73. The highest BCUT2D eigenvalue weighted by atomic mass is 79.9. The number of halogens is 1. The van der Waals surface area contributed by atoms with Crippen molar-refractivity contribution in [3.63, 3.8) is 0 Å². The Morgan fingerprint density at radius 1 is 1.25 bits per heavy atom. The maximum absolute atomic E-state index is 5.98. The molecule has 2 nitrogen and oxygen atoms in total. The second kappa shape index (κ2) is 5.69. The van der Waals surface area contributed by atoms with Crippen molar-refractivity contribution in [2.45, 2.75) is 44.8 Å². The lowest BCUT2D eigenvalue weighted by molar-refractivity contribution is 0.155. The number of ether oxygens (including phenoxy) is 1. The van der Waals surface area contributed by atoms with Gasteiger partial charge in [0.05, 0.1) is 6.10 Å². The molecule has 0 bridgehead atoms. The minimum absolute atomic E-state index is 0.403. The molecule has 0 aromatic heterocycles. The summed E-state index contributed by atoms with van der Waals surface area (Å²) in [5, 5.41) is 0. The molecule has 1 aliphatic carbocycles. The molecule has 0 radical (unpaired) electrons. The summed E-state index contributed by atoms with van der Waals surface area (Å²) >= 11 is 3.48. The van der Waals surface area contributed by atoms with Crippen LogP contribution in [-0.4, -0.2) is 6.10 Å². The third kappa shape index (κ3) is 2.98. The van der Waals surface area contributed by atoms with E-state index in [1.54, 1.807) is 0 Å². The first kappa shape index (κ1) is 11.9. The second-order valence-corrected chi connectivity index (χ2v) is 5.19. The van der Waals surface area contributed by atoms with E-state index in [0.29, 0.717) is 12.6 Å². The summed E-state index contributed by atoms with van der Waals surface area (Å²) in [7, 11) is 0. The summed E-state index contributed by atoms with van der Waals surface area (Å²) in [5.41, 5.74) is 6.77. The minimum atomic E-state index is 0.403. The van der Waals surface area contributed by atoms with Crippen LogP contribution >= 0.6 is 15.9 Å². The zero-order valence-electron chi connectivity index (χ0n) is 9.42. The molecule has 2 rings (SSSR count). The molecule has 88 valence electrons. The van der Waals surface area contributed by atoms with Crippen LogP contribution in [0.15, 0.2) is 22.7 Å². The van der Waals surface area contributed by atoms with Gasteiger partial charge in [-0.2, -0.15) is 0 Å². The van der Waals surface area contributed by atoms with E-state index in [-0.39, 0.29) is 0 Å². The molecule has 0 aliphatic heterocycles. The largest absolute Gasteiger partial charge is 0.490 e. The lowest BCUT2D eigenvalue weighted by Crippen LogP contribution is -2.19. The Labute approximate surface area is 105 Å². The molecule has 1 aromatic carbocycles. The molecule has 1 saturated carbocycles. The van der Waals surface area contributed by atoms with Gasteiger partial charge in [-0.05, 0) is 49.4 Å². The van der Waals surface area contributed by atoms with Gasteiger partial charge >= 0.3 is 0 Å². The molecule has 0 atom stereocenters. The van der Waals surface area contributed by atoms with Crippen molar-refractivity contribution in [3.05, 3.63) is 28.2 Å². The lowest BCUT2D eigenvalue weighted by atomic mass is 9.98. The summed E-state index contributed by atoms with van der Waals surface area (Å²) in [6, 6.07) is 6.07. The third-order valence-electron chi connectivity index (χ3n) is 3.09. The highest BCUT2D eigenvalue weighted by molar-refractivity contribution is 9.10. The van der Waals surface area contributed by atoms with Gasteiger partial charge in [0.25, 0.3) is 0 Å². The topological polar surface area (TPSA) is 35.2 Å². The van der Waals surface area contributed by atoms with Gasteiger partial charge in [0, 0.05) is 11.0 Å². The Morgan fingerprint density at radius 3 is 2.69 bits per heavy atom. The second-order valence-electron chi connectivity index (χ2n) is 4.34. The van der Waals surface area contributed by atoms with E-state index in [1.165, 1.54) is 32.1 Å². The van der Waals surface area contributed by atoms with Gasteiger partial charge in [0.1, 0.15) is 5.75 Å². The van der Waals surface area contributed by atoms with Gasteiger partial charge in [0.15, 0.2) is 0 Å². The van der Waals surface area contributed by atoms with E-state index >= 15 is 0 Å². The smallest absolute Gasteiger partial charge is 0.120 e. The van der Waals surface area contributed by atoms with Gasteiger partial charge in [-0.15, -0.1) is 0 Å². The first-order chi connectivity index (χ1) is 7.79. The number of rotatable bonds is 3. The average Bonchev–Trinajstić information content (AvgIpc) is 2.33. The molecule has 3 heteroatoms. The average molecular weight is 284 g/mol. The maximum atomic E-state index is 5.98. The van der Waals surface area contributed by atoms with Crippen molar-refractivity contribution < 1.29 is 4.74 Å². The van der Waals surface area contributed by atoms with Gasteiger partial charge in [-0.1, -0.05) is 22.4 Å². The monoisotopic (exact) mass is 283 g/mol. The molecule has 1 aromatic rings. The third-order valence-corrected chi connectivity index (χ3v) is 3.87. The van der Waals surface area contributed by atoms with Crippen LogP contribution in [-0.2, 0) is 6.54 Å². The van der Waals surface area contributed by atoms with E-state index in [9.17, 15) is 0 Å². The molecule has 0 amide bonds. The molecule has 0 spiro atoms. The molecule has 0 heterocycles. The minimum Gasteiger partial charge on any atom is -0.490 e. The Kier molecular flexibility index (Phi) is 4.24. The number of benzene rings is 1. The van der Waals surface area contributed by atoms with Gasteiger partial charge < -0.3 is 10.5 Å². The van der Waals surface area contributed by atoms with Crippen molar-refractivity contribution in [2.75, 3.05) is 0 Å². The predicted octanol–water partition coefficient (Wildman–Crippen LogP) is 3.62. The maximum Gasteiger partial charge on any atom is 0.120 e. The van der Waals surface area contributed by atoms with Crippen LogP contribution in [0.25, 0.3) is 0 Å². The fraction of sp³-hybridized carbons (Fsp3) is 0.538. The number of hydrogen-bond acceptors (Lipinski definition) is 2. The van der Waals surface area contributed by atoms with Crippen LogP contribution in [0.3, 0.4) is 0 Å². The van der Waals surface area contributed by atoms with Crippen LogP contribution < -0.4 is 10.5 Å². The van der Waals surface area contributed by atoms with Crippen molar-refractivity contribution >= 4 is 15.9 Å². The number of hydrogen-bond donors (Lipinski definition) is 1. The van der Waals surface area contributed by atoms with Crippen LogP contribution in [0.5, 0.6) is 5.75 Å². The van der Waals surface area contributed by atoms with Crippen LogP contribution in [0.2, 0.25) is 0 Å². The SMILES string of the molecule is NCc1cc(OC2CCCCC2)ccc1Br. The summed E-state index contributed by atoms with van der Waals surface area (Å²) in [5.74, 6) is 0.954. The predicted molar refractivity (Wildman–Crippen MR) is 69.5 cm³/mol. The van der Waals surface area contributed by atoms with Crippen molar-refractivity contribution in [3.8, 4) is 5.75 Å². The molecule has 1 aliphatic rings. The molecule has 2 N–H and O–H groups in total. The summed E-state index contributed by atoms with van der Waals surface area (Å²) in [6.45, 7) is 0.544. The molecular formula is C13H18BrNO. The van der Waals surface area contributed by atoms with E-state index in [1.807, 2.05) is 18.2 Å². The number of nitrogens with two attached hydrogens (primary N) is 1. The Balaban J connectivity index is 2.03. The zero-order chi connectivity index (χ0) is 11.4. The Hall–Kier alpha value is -0.540. The molecule has 16 heavy (non-hydrogen) atoms. The van der Waals surface area contributed by atoms with Crippen LogP contribution in [0.1, 0.15) is 37.7 Å². The molecular weight excluding hydrogens is 266 g/mol. The quantitative estimate of drug-likeness (QED) is 0.920. The molecule has 0 saturated heterocycles. The summed E-state index contributed by atoms with van der Waals surface area (Å²) in [4.78, 5) is 0. The van der Waals surface area contributed by atoms with E-state index in [0.717, 1.165) is 15.8 Å². The first-order valence-corrected chi connectivity index (χ1v) is 6.74. The normalized spacial score (nSPS) is 17.4. The van der Waals surface area contributed by atoms with Gasteiger partial charge in [-0.25, -0.2) is 0 Å².